The molecule has 0 aliphatic carbocycles. The molecule has 4 amide bonds. The Labute approximate surface area is 187 Å². The van der Waals surface area contributed by atoms with Crippen LogP contribution in [0.3, 0.4) is 0 Å². The number of amides is 4. The molecule has 1 atom stereocenters. The summed E-state index contributed by atoms with van der Waals surface area (Å²) < 4.78 is 0. The molecule has 0 radical (unpaired) electrons. The van der Waals surface area contributed by atoms with Gasteiger partial charge in [-0.2, -0.15) is 0 Å². The van der Waals surface area contributed by atoms with Gasteiger partial charge in [0.25, 0.3) is 5.91 Å². The molecule has 1 aromatic rings. The highest BCUT2D eigenvalue weighted by Gasteiger charge is 2.31. The molecule has 8 nitrogen and oxygen atoms in total. The zero-order valence-electron chi connectivity index (χ0n) is 20.1. The lowest BCUT2D eigenvalue weighted by atomic mass is 10.0. The number of hydrogen-bond acceptors (Lipinski definition) is 6. The van der Waals surface area contributed by atoms with Crippen LogP contribution in [0.4, 0.5) is 5.69 Å². The van der Waals surface area contributed by atoms with Gasteiger partial charge in [0.15, 0.2) is 0 Å². The van der Waals surface area contributed by atoms with Crippen LogP contribution in [0, 0.1) is 6.92 Å². The number of likely N-dealkylation sites (N-methyl/N-ethyl adjacent to an activating group) is 1. The van der Waals surface area contributed by atoms with E-state index in [4.69, 9.17) is 0 Å². The Hall–Kier alpha value is -2.74. The molecule has 0 spiro atoms. The number of anilines is 1. The van der Waals surface area contributed by atoms with E-state index in [2.05, 4.69) is 10.6 Å². The number of imide groups is 2. The van der Waals surface area contributed by atoms with Crippen molar-refractivity contribution in [2.45, 2.75) is 67.3 Å². The highest BCUT2D eigenvalue weighted by Crippen LogP contribution is 2.23. The number of benzene rings is 1. The van der Waals surface area contributed by atoms with Crippen LogP contribution in [0.2, 0.25) is 0 Å². The molecule has 31 heavy (non-hydrogen) atoms. The van der Waals surface area contributed by atoms with E-state index in [0.29, 0.717) is 36.2 Å². The van der Waals surface area contributed by atoms with Gasteiger partial charge in [-0.25, -0.2) is 0 Å². The molecule has 0 aromatic heterocycles. The summed E-state index contributed by atoms with van der Waals surface area (Å²) in [6, 6.07) is 4.30. The summed E-state index contributed by atoms with van der Waals surface area (Å²) in [7, 11) is 0. The van der Waals surface area contributed by atoms with Gasteiger partial charge < -0.3 is 10.6 Å². The Morgan fingerprint density at radius 1 is 1.06 bits per heavy atom. The summed E-state index contributed by atoms with van der Waals surface area (Å²) in [5.74, 6) is -1.25. The highest BCUT2D eigenvalue weighted by molar-refractivity contribution is 6.08. The smallest absolute Gasteiger partial charge is 0.263 e. The SMILES string of the molecule is CC.CC.CCCC(C(=O)NC=O)N(C=O)C(=O)c1c(C)cccc1NCCNCC. The Morgan fingerprint density at radius 2 is 1.71 bits per heavy atom. The summed E-state index contributed by atoms with van der Waals surface area (Å²) in [4.78, 5) is 48.4. The molecule has 1 unspecified atom stereocenters. The van der Waals surface area contributed by atoms with Gasteiger partial charge in [0, 0.05) is 18.8 Å². The van der Waals surface area contributed by atoms with Gasteiger partial charge in [-0.05, 0) is 31.5 Å². The first-order chi connectivity index (χ1) is 15.0. The van der Waals surface area contributed by atoms with E-state index in [0.717, 1.165) is 18.0 Å². The van der Waals surface area contributed by atoms with Gasteiger partial charge in [0.1, 0.15) is 6.04 Å². The van der Waals surface area contributed by atoms with E-state index in [1.165, 1.54) is 0 Å². The molecular weight excluding hydrogens is 396 g/mol. The van der Waals surface area contributed by atoms with Crippen LogP contribution < -0.4 is 16.0 Å². The monoisotopic (exact) mass is 436 g/mol. The normalized spacial score (nSPS) is 10.3. The van der Waals surface area contributed by atoms with E-state index in [1.54, 1.807) is 19.1 Å². The quantitative estimate of drug-likeness (QED) is 0.343. The average molecular weight is 437 g/mol. The van der Waals surface area contributed by atoms with E-state index in [1.807, 2.05) is 52.9 Å². The van der Waals surface area contributed by atoms with Gasteiger partial charge in [-0.3, -0.25) is 29.4 Å². The molecule has 0 saturated heterocycles. The number of carbonyl (C=O) groups excluding carboxylic acids is 4. The molecule has 8 heteroatoms. The molecular formula is C23H40N4O4. The van der Waals surface area contributed by atoms with Crippen LogP contribution in [0.15, 0.2) is 18.2 Å². The number of rotatable bonds is 12. The third-order valence-electron chi connectivity index (χ3n) is 4.10. The lowest BCUT2D eigenvalue weighted by molar-refractivity contribution is -0.133. The molecule has 0 aliphatic heterocycles. The second-order valence-electron chi connectivity index (χ2n) is 6.03. The summed E-state index contributed by atoms with van der Waals surface area (Å²) in [6.07, 6.45) is 1.43. The third-order valence-corrected chi connectivity index (χ3v) is 4.10. The second-order valence-corrected chi connectivity index (χ2v) is 6.03. The van der Waals surface area contributed by atoms with Gasteiger partial charge in [-0.1, -0.05) is 60.1 Å². The zero-order chi connectivity index (χ0) is 24.2. The summed E-state index contributed by atoms with van der Waals surface area (Å²) in [5.41, 5.74) is 1.61. The van der Waals surface area contributed by atoms with Gasteiger partial charge in [-0.15, -0.1) is 0 Å². The minimum absolute atomic E-state index is 0.250. The van der Waals surface area contributed by atoms with Crippen molar-refractivity contribution in [3.63, 3.8) is 0 Å². The van der Waals surface area contributed by atoms with E-state index >= 15 is 0 Å². The second kappa shape index (κ2) is 19.2. The lowest BCUT2D eigenvalue weighted by Crippen LogP contribution is -2.49. The molecule has 3 N–H and O–H groups in total. The van der Waals surface area contributed by atoms with Crippen LogP contribution in [0.25, 0.3) is 0 Å². The zero-order valence-corrected chi connectivity index (χ0v) is 20.1. The Kier molecular flexibility index (Phi) is 18.9. The lowest BCUT2D eigenvalue weighted by Gasteiger charge is -2.26. The molecule has 0 fully saturated rings. The molecule has 0 heterocycles. The fourth-order valence-corrected chi connectivity index (χ4v) is 2.78. The average Bonchev–Trinajstić information content (AvgIpc) is 2.79. The molecule has 0 bridgehead atoms. The summed E-state index contributed by atoms with van der Waals surface area (Å²) >= 11 is 0. The topological polar surface area (TPSA) is 108 Å². The maximum Gasteiger partial charge on any atom is 0.263 e. The van der Waals surface area contributed by atoms with Crippen molar-refractivity contribution in [2.75, 3.05) is 25.0 Å². The van der Waals surface area contributed by atoms with E-state index in [9.17, 15) is 19.2 Å². The van der Waals surface area contributed by atoms with E-state index in [-0.39, 0.29) is 12.8 Å². The fraction of sp³-hybridized carbons (Fsp3) is 0.565. The van der Waals surface area contributed by atoms with Crippen LogP contribution in [-0.2, 0) is 14.4 Å². The van der Waals surface area contributed by atoms with Crippen molar-refractivity contribution in [2.24, 2.45) is 0 Å². The molecule has 0 saturated carbocycles. The standard InChI is InChI=1S/C19H28N4O4.2C2H6/c1-4-7-16(18(26)22-12-24)23(13-25)19(27)17-14(3)8-6-9-15(17)21-11-10-20-5-2;2*1-2/h6,8-9,12-13,16,20-21H,4-5,7,10-11H2,1-3H3,(H,22,24,26);2*1-2H3. The maximum absolute atomic E-state index is 13.1. The first kappa shape index (κ1) is 30.5. The van der Waals surface area contributed by atoms with Gasteiger partial charge >= 0.3 is 0 Å². The summed E-state index contributed by atoms with van der Waals surface area (Å²) in [6.45, 7) is 15.8. The summed E-state index contributed by atoms with van der Waals surface area (Å²) in [5, 5.41) is 8.40. The number of nitrogens with one attached hydrogen (secondary N) is 3. The fourth-order valence-electron chi connectivity index (χ4n) is 2.78. The molecule has 1 aromatic carbocycles. The molecule has 1 rings (SSSR count). The molecule has 176 valence electrons. The van der Waals surface area contributed by atoms with Crippen LogP contribution in [0.1, 0.15) is 70.3 Å². The predicted octanol–water partition coefficient (Wildman–Crippen LogP) is 3.11. The largest absolute Gasteiger partial charge is 0.383 e. The number of nitrogens with zero attached hydrogens (tertiary/aromatic N) is 1. The van der Waals surface area contributed by atoms with Crippen LogP contribution >= 0.6 is 0 Å². The Bertz CT molecular complexity index is 665. The van der Waals surface area contributed by atoms with E-state index < -0.39 is 17.9 Å². The molecule has 0 aliphatic rings. The van der Waals surface area contributed by atoms with Crippen molar-refractivity contribution < 1.29 is 19.2 Å². The Morgan fingerprint density at radius 3 is 2.23 bits per heavy atom. The van der Waals surface area contributed by atoms with Crippen molar-refractivity contribution in [1.82, 2.24) is 15.5 Å². The Balaban J connectivity index is 0. The predicted molar refractivity (Wildman–Crippen MR) is 126 cm³/mol. The van der Waals surface area contributed by atoms with Gasteiger partial charge in [0.2, 0.25) is 18.7 Å². The van der Waals surface area contributed by atoms with Crippen molar-refractivity contribution in [1.29, 1.82) is 0 Å². The first-order valence-corrected chi connectivity index (χ1v) is 11.1. The minimum atomic E-state index is -1.04. The van der Waals surface area contributed by atoms with Crippen molar-refractivity contribution in [3.05, 3.63) is 29.3 Å². The number of carbonyl (C=O) groups is 4. The van der Waals surface area contributed by atoms with Crippen molar-refractivity contribution in [3.8, 4) is 0 Å². The van der Waals surface area contributed by atoms with Gasteiger partial charge in [0.05, 0.1) is 5.56 Å². The highest BCUT2D eigenvalue weighted by atomic mass is 16.2. The number of hydrogen-bond donors (Lipinski definition) is 3. The first-order valence-electron chi connectivity index (χ1n) is 11.1. The van der Waals surface area contributed by atoms with Crippen LogP contribution in [0.5, 0.6) is 0 Å². The van der Waals surface area contributed by atoms with Crippen LogP contribution in [-0.4, -0.2) is 55.2 Å². The third kappa shape index (κ3) is 10.2. The number of aryl methyl sites for hydroxylation is 1. The van der Waals surface area contributed by atoms with Crippen molar-refractivity contribution >= 4 is 30.3 Å². The minimum Gasteiger partial charge on any atom is -0.383 e. The maximum atomic E-state index is 13.1.